The maximum Gasteiger partial charge on any atom is 0.340 e. The molecule has 0 aliphatic rings. The SMILES string of the molecule is COC(=O)c1c(N)cc(C(=O)c2ccncc2)c2c(Cl)cc(Cl)cc12. The third-order valence-electron chi connectivity index (χ3n) is 3.76. The van der Waals surface area contributed by atoms with E-state index in [-0.39, 0.29) is 27.6 Å². The molecule has 0 bridgehead atoms. The van der Waals surface area contributed by atoms with E-state index in [1.165, 1.54) is 37.7 Å². The first kappa shape index (κ1) is 17.2. The molecule has 0 radical (unpaired) electrons. The molecule has 3 aromatic rings. The molecular weight excluding hydrogens is 363 g/mol. The van der Waals surface area contributed by atoms with Gasteiger partial charge >= 0.3 is 5.97 Å². The zero-order valence-electron chi connectivity index (χ0n) is 13.0. The van der Waals surface area contributed by atoms with Crippen molar-refractivity contribution in [3.8, 4) is 0 Å². The van der Waals surface area contributed by atoms with Gasteiger partial charge in [-0.05, 0) is 30.3 Å². The predicted molar refractivity (Wildman–Crippen MR) is 97.4 cm³/mol. The molecule has 2 aromatic carbocycles. The standard InChI is InChI=1S/C18H12Cl2N2O3/c1-25-18(24)16-11-6-10(19)7-13(20)15(11)12(8-14(16)21)17(23)9-2-4-22-5-3-9/h2-8H,21H2,1H3. The van der Waals surface area contributed by atoms with Crippen LogP contribution in [0.5, 0.6) is 0 Å². The quantitative estimate of drug-likeness (QED) is 0.423. The van der Waals surface area contributed by atoms with Crippen LogP contribution in [-0.2, 0) is 4.74 Å². The van der Waals surface area contributed by atoms with Gasteiger partial charge in [0.2, 0.25) is 0 Å². The van der Waals surface area contributed by atoms with Crippen molar-refractivity contribution < 1.29 is 14.3 Å². The molecule has 0 aliphatic carbocycles. The van der Waals surface area contributed by atoms with E-state index in [1.54, 1.807) is 12.1 Å². The van der Waals surface area contributed by atoms with Gasteiger partial charge in [0.05, 0.1) is 17.7 Å². The largest absolute Gasteiger partial charge is 0.465 e. The number of carbonyl (C=O) groups is 2. The highest BCUT2D eigenvalue weighted by atomic mass is 35.5. The van der Waals surface area contributed by atoms with E-state index < -0.39 is 5.97 Å². The molecular formula is C18H12Cl2N2O3. The van der Waals surface area contributed by atoms with Crippen LogP contribution in [0.1, 0.15) is 26.3 Å². The minimum atomic E-state index is -0.635. The summed E-state index contributed by atoms with van der Waals surface area (Å²) in [7, 11) is 1.25. The first-order valence-electron chi connectivity index (χ1n) is 7.18. The number of nitrogens with two attached hydrogens (primary N) is 1. The maximum absolute atomic E-state index is 12.9. The molecule has 0 amide bonds. The summed E-state index contributed by atoms with van der Waals surface area (Å²) >= 11 is 12.4. The van der Waals surface area contributed by atoms with Gasteiger partial charge in [-0.3, -0.25) is 9.78 Å². The molecule has 0 fully saturated rings. The Bertz CT molecular complexity index is 1000. The van der Waals surface area contributed by atoms with E-state index >= 15 is 0 Å². The Balaban J connectivity index is 2.39. The molecule has 25 heavy (non-hydrogen) atoms. The van der Waals surface area contributed by atoms with Crippen molar-refractivity contribution in [2.75, 3.05) is 12.8 Å². The summed E-state index contributed by atoms with van der Waals surface area (Å²) in [6.45, 7) is 0. The fourth-order valence-electron chi connectivity index (χ4n) is 2.67. The maximum atomic E-state index is 12.9. The molecule has 0 atom stereocenters. The van der Waals surface area contributed by atoms with Crippen LogP contribution in [0, 0.1) is 0 Å². The van der Waals surface area contributed by atoms with Gasteiger partial charge in [-0.2, -0.15) is 0 Å². The van der Waals surface area contributed by atoms with E-state index in [1.807, 2.05) is 0 Å². The summed E-state index contributed by atoms with van der Waals surface area (Å²) in [4.78, 5) is 28.9. The summed E-state index contributed by atoms with van der Waals surface area (Å²) in [6.07, 6.45) is 3.03. The van der Waals surface area contributed by atoms with Crippen LogP contribution >= 0.6 is 23.2 Å². The molecule has 0 saturated carbocycles. The van der Waals surface area contributed by atoms with Crippen LogP contribution < -0.4 is 5.73 Å². The molecule has 0 saturated heterocycles. The fourth-order valence-corrected chi connectivity index (χ4v) is 3.26. The van der Waals surface area contributed by atoms with E-state index in [4.69, 9.17) is 33.7 Å². The number of hydrogen-bond donors (Lipinski definition) is 1. The Morgan fingerprint density at radius 2 is 1.80 bits per heavy atom. The van der Waals surface area contributed by atoms with Crippen molar-refractivity contribution >= 4 is 51.4 Å². The third-order valence-corrected chi connectivity index (χ3v) is 4.28. The molecule has 0 spiro atoms. The summed E-state index contributed by atoms with van der Waals surface area (Å²) in [5.41, 5.74) is 6.95. The lowest BCUT2D eigenvalue weighted by Crippen LogP contribution is -2.10. The molecule has 2 N–H and O–H groups in total. The number of esters is 1. The van der Waals surface area contributed by atoms with Gasteiger partial charge in [0.15, 0.2) is 5.78 Å². The van der Waals surface area contributed by atoms with Gasteiger partial charge in [-0.15, -0.1) is 0 Å². The molecule has 5 nitrogen and oxygen atoms in total. The molecule has 0 unspecified atom stereocenters. The number of rotatable bonds is 3. The zero-order valence-corrected chi connectivity index (χ0v) is 14.6. The van der Waals surface area contributed by atoms with Crippen molar-refractivity contribution in [2.24, 2.45) is 0 Å². The minimum Gasteiger partial charge on any atom is -0.465 e. The highest BCUT2D eigenvalue weighted by Crippen LogP contribution is 2.37. The van der Waals surface area contributed by atoms with Crippen LogP contribution in [0.4, 0.5) is 5.69 Å². The minimum absolute atomic E-state index is 0.107. The smallest absolute Gasteiger partial charge is 0.340 e. The molecule has 126 valence electrons. The highest BCUT2D eigenvalue weighted by molar-refractivity contribution is 6.41. The summed E-state index contributed by atoms with van der Waals surface area (Å²) in [5.74, 6) is -0.927. The fraction of sp³-hybridized carbons (Fsp3) is 0.0556. The second-order valence-corrected chi connectivity index (χ2v) is 6.10. The summed E-state index contributed by atoms with van der Waals surface area (Å²) in [6, 6.07) is 7.64. The second kappa shape index (κ2) is 6.70. The normalized spacial score (nSPS) is 10.7. The Labute approximate surface area is 153 Å². The lowest BCUT2D eigenvalue weighted by atomic mass is 9.93. The molecule has 3 rings (SSSR count). The van der Waals surface area contributed by atoms with Crippen molar-refractivity contribution in [2.45, 2.75) is 0 Å². The number of aromatic nitrogens is 1. The Morgan fingerprint density at radius 3 is 2.44 bits per heavy atom. The van der Waals surface area contributed by atoms with Crippen molar-refractivity contribution in [1.29, 1.82) is 0 Å². The second-order valence-electron chi connectivity index (χ2n) is 5.26. The zero-order chi connectivity index (χ0) is 18.1. The van der Waals surface area contributed by atoms with E-state index in [2.05, 4.69) is 4.98 Å². The number of nitrogen functional groups attached to an aromatic ring is 1. The number of methoxy groups -OCH3 is 1. The van der Waals surface area contributed by atoms with Crippen molar-refractivity contribution in [3.05, 3.63) is 69.5 Å². The number of ketones is 1. The van der Waals surface area contributed by atoms with Gasteiger partial charge in [-0.25, -0.2) is 4.79 Å². The lowest BCUT2D eigenvalue weighted by molar-refractivity contribution is 0.0604. The van der Waals surface area contributed by atoms with Gasteiger partial charge in [0, 0.05) is 45.0 Å². The first-order valence-corrected chi connectivity index (χ1v) is 7.94. The first-order chi connectivity index (χ1) is 11.9. The highest BCUT2D eigenvalue weighted by Gasteiger charge is 2.23. The number of ether oxygens (including phenoxy) is 1. The molecule has 1 aromatic heterocycles. The molecule has 7 heteroatoms. The van der Waals surface area contributed by atoms with Gasteiger partial charge in [0.25, 0.3) is 0 Å². The predicted octanol–water partition coefficient (Wildman–Crippen LogP) is 4.14. The van der Waals surface area contributed by atoms with Gasteiger partial charge in [0.1, 0.15) is 0 Å². The van der Waals surface area contributed by atoms with Crippen LogP contribution in [0.3, 0.4) is 0 Å². The Kier molecular flexibility index (Phi) is 4.61. The van der Waals surface area contributed by atoms with Gasteiger partial charge in [-0.1, -0.05) is 23.2 Å². The van der Waals surface area contributed by atoms with Crippen molar-refractivity contribution in [1.82, 2.24) is 4.98 Å². The number of fused-ring (bicyclic) bond motifs is 1. The Morgan fingerprint density at radius 1 is 1.12 bits per heavy atom. The number of carbonyl (C=O) groups excluding carboxylic acids is 2. The van der Waals surface area contributed by atoms with E-state index in [9.17, 15) is 9.59 Å². The van der Waals surface area contributed by atoms with Crippen LogP contribution in [0.2, 0.25) is 10.0 Å². The van der Waals surface area contributed by atoms with Gasteiger partial charge < -0.3 is 10.5 Å². The number of halogens is 2. The Hall–Kier alpha value is -2.63. The number of benzene rings is 2. The lowest BCUT2D eigenvalue weighted by Gasteiger charge is -2.14. The number of nitrogens with zero attached hydrogens (tertiary/aromatic N) is 1. The van der Waals surface area contributed by atoms with Crippen molar-refractivity contribution in [3.63, 3.8) is 0 Å². The van der Waals surface area contributed by atoms with E-state index in [0.717, 1.165) is 0 Å². The van der Waals surface area contributed by atoms with Crippen LogP contribution in [-0.4, -0.2) is 23.8 Å². The summed E-state index contributed by atoms with van der Waals surface area (Å²) < 4.78 is 4.79. The van der Waals surface area contributed by atoms with Crippen LogP contribution in [0.25, 0.3) is 10.8 Å². The number of hydrogen-bond acceptors (Lipinski definition) is 5. The number of pyridine rings is 1. The third kappa shape index (κ3) is 3.04. The summed E-state index contributed by atoms with van der Waals surface area (Å²) in [5, 5.41) is 1.31. The molecule has 1 heterocycles. The van der Waals surface area contributed by atoms with Crippen LogP contribution in [0.15, 0.2) is 42.7 Å². The topological polar surface area (TPSA) is 82.3 Å². The molecule has 0 aliphatic heterocycles. The average Bonchev–Trinajstić information content (AvgIpc) is 2.60. The van der Waals surface area contributed by atoms with E-state index in [0.29, 0.717) is 21.4 Å². The number of anilines is 1. The average molecular weight is 375 g/mol. The monoisotopic (exact) mass is 374 g/mol.